The van der Waals surface area contributed by atoms with E-state index in [-0.39, 0.29) is 19.1 Å². The number of esters is 2. The first kappa shape index (κ1) is 19.7. The van der Waals surface area contributed by atoms with Crippen LogP contribution in [-0.4, -0.2) is 65.4 Å². The molecule has 8 nitrogen and oxygen atoms in total. The van der Waals surface area contributed by atoms with Crippen molar-refractivity contribution < 1.29 is 29.0 Å². The summed E-state index contributed by atoms with van der Waals surface area (Å²) in [5.41, 5.74) is 5.32. The summed E-state index contributed by atoms with van der Waals surface area (Å²) in [6.45, 7) is 2.42. The number of ether oxygens (including phenoxy) is 2. The van der Waals surface area contributed by atoms with Crippen molar-refractivity contribution >= 4 is 29.6 Å². The largest absolute Gasteiger partial charge is 0.462 e. The lowest BCUT2D eigenvalue weighted by molar-refractivity contribution is -0.154. The van der Waals surface area contributed by atoms with E-state index in [4.69, 9.17) is 15.2 Å². The summed E-state index contributed by atoms with van der Waals surface area (Å²) in [7, 11) is 0. The van der Waals surface area contributed by atoms with Gasteiger partial charge in [0.2, 0.25) is 5.91 Å². The summed E-state index contributed by atoms with van der Waals surface area (Å²) in [6.07, 6.45) is 0.932. The van der Waals surface area contributed by atoms with Gasteiger partial charge in [0.1, 0.15) is 12.7 Å². The van der Waals surface area contributed by atoms with Gasteiger partial charge in [-0.25, -0.2) is 0 Å². The Hall–Kier alpha value is -1.32. The lowest BCUT2D eigenvalue weighted by Crippen LogP contribution is -2.49. The Morgan fingerprint density at radius 2 is 1.91 bits per heavy atom. The number of aliphatic hydroxyl groups is 1. The molecule has 0 aromatic heterocycles. The van der Waals surface area contributed by atoms with Crippen LogP contribution in [0.15, 0.2) is 0 Å². The van der Waals surface area contributed by atoms with Crippen molar-refractivity contribution in [3.63, 3.8) is 0 Å². The molecular weight excluding hydrogens is 324 g/mol. The van der Waals surface area contributed by atoms with Gasteiger partial charge in [-0.1, -0.05) is 0 Å². The van der Waals surface area contributed by atoms with Gasteiger partial charge in [0.25, 0.3) is 0 Å². The molecule has 9 heteroatoms. The third-order valence-electron chi connectivity index (χ3n) is 3.29. The van der Waals surface area contributed by atoms with Crippen molar-refractivity contribution in [2.75, 3.05) is 24.7 Å². The molecule has 0 aromatic rings. The SMILES string of the molecule is CC(=O)OCC(CSCC(N)C(=O)NC1(CO)CC1)OC(C)=O. The lowest BCUT2D eigenvalue weighted by atomic mass is 10.2. The fourth-order valence-corrected chi connectivity index (χ4v) is 2.76. The highest BCUT2D eigenvalue weighted by Crippen LogP contribution is 2.34. The van der Waals surface area contributed by atoms with Crippen LogP contribution >= 0.6 is 11.8 Å². The van der Waals surface area contributed by atoms with Gasteiger partial charge < -0.3 is 25.6 Å². The van der Waals surface area contributed by atoms with Crippen molar-refractivity contribution in [1.82, 2.24) is 5.32 Å². The molecule has 0 aliphatic heterocycles. The Morgan fingerprint density at radius 1 is 1.26 bits per heavy atom. The highest BCUT2D eigenvalue weighted by molar-refractivity contribution is 7.99. The number of hydrogen-bond acceptors (Lipinski definition) is 8. The number of nitrogens with one attached hydrogen (secondary N) is 1. The Balaban J connectivity index is 2.31. The van der Waals surface area contributed by atoms with E-state index in [0.29, 0.717) is 11.5 Å². The smallest absolute Gasteiger partial charge is 0.303 e. The molecule has 1 aliphatic rings. The van der Waals surface area contributed by atoms with Gasteiger partial charge in [-0.15, -0.1) is 0 Å². The zero-order valence-corrected chi connectivity index (χ0v) is 14.2. The summed E-state index contributed by atoms with van der Waals surface area (Å²) >= 11 is 1.33. The summed E-state index contributed by atoms with van der Waals surface area (Å²) in [5.74, 6) is -0.553. The van der Waals surface area contributed by atoms with Crippen molar-refractivity contribution in [3.8, 4) is 0 Å². The summed E-state index contributed by atoms with van der Waals surface area (Å²) in [4.78, 5) is 33.7. The molecule has 0 spiro atoms. The van der Waals surface area contributed by atoms with E-state index >= 15 is 0 Å². The molecule has 0 aromatic carbocycles. The molecule has 1 aliphatic carbocycles. The minimum absolute atomic E-state index is 0.0308. The average Bonchev–Trinajstić information content (AvgIpc) is 3.24. The first-order valence-corrected chi connectivity index (χ1v) is 8.50. The number of aliphatic hydroxyl groups excluding tert-OH is 1. The Kier molecular flexibility index (Phi) is 7.80. The maximum Gasteiger partial charge on any atom is 0.303 e. The van der Waals surface area contributed by atoms with Crippen LogP contribution in [0.1, 0.15) is 26.7 Å². The molecular formula is C14H24N2O6S. The van der Waals surface area contributed by atoms with Crippen molar-refractivity contribution in [3.05, 3.63) is 0 Å². The fraction of sp³-hybridized carbons (Fsp3) is 0.786. The highest BCUT2D eigenvalue weighted by atomic mass is 32.2. The van der Waals surface area contributed by atoms with Crippen LogP contribution in [0, 0.1) is 0 Å². The van der Waals surface area contributed by atoms with Crippen molar-refractivity contribution in [2.24, 2.45) is 5.73 Å². The normalized spacial score (nSPS) is 17.7. The Bertz CT molecular complexity index is 441. The van der Waals surface area contributed by atoms with Crippen LogP contribution in [0.25, 0.3) is 0 Å². The summed E-state index contributed by atoms with van der Waals surface area (Å²) in [5, 5.41) is 11.9. The van der Waals surface area contributed by atoms with Gasteiger partial charge in [0, 0.05) is 25.4 Å². The van der Waals surface area contributed by atoms with Gasteiger partial charge in [-0.3, -0.25) is 14.4 Å². The van der Waals surface area contributed by atoms with E-state index in [1.807, 2.05) is 0 Å². The number of hydrogen-bond donors (Lipinski definition) is 3. The van der Waals surface area contributed by atoms with Gasteiger partial charge >= 0.3 is 11.9 Å². The second kappa shape index (κ2) is 9.09. The van der Waals surface area contributed by atoms with Crippen LogP contribution in [0.4, 0.5) is 0 Å². The van der Waals surface area contributed by atoms with Crippen LogP contribution < -0.4 is 11.1 Å². The Morgan fingerprint density at radius 3 is 2.39 bits per heavy atom. The van der Waals surface area contributed by atoms with Crippen LogP contribution in [-0.2, 0) is 23.9 Å². The van der Waals surface area contributed by atoms with Crippen molar-refractivity contribution in [1.29, 1.82) is 0 Å². The molecule has 1 rings (SSSR count). The monoisotopic (exact) mass is 348 g/mol. The summed E-state index contributed by atoms with van der Waals surface area (Å²) in [6, 6.07) is -0.726. The molecule has 0 heterocycles. The second-order valence-corrected chi connectivity index (χ2v) is 6.68. The highest BCUT2D eigenvalue weighted by Gasteiger charge is 2.44. The molecule has 0 bridgehead atoms. The lowest BCUT2D eigenvalue weighted by Gasteiger charge is -2.19. The molecule has 2 atom stereocenters. The van der Waals surface area contributed by atoms with Crippen molar-refractivity contribution in [2.45, 2.75) is 44.4 Å². The predicted octanol–water partition coefficient (Wildman–Crippen LogP) is -0.817. The molecule has 2 unspecified atom stereocenters. The van der Waals surface area contributed by atoms with Gasteiger partial charge in [0.05, 0.1) is 18.2 Å². The number of carbonyl (C=O) groups excluding carboxylic acids is 3. The molecule has 132 valence electrons. The fourth-order valence-electron chi connectivity index (χ4n) is 1.79. The third kappa shape index (κ3) is 7.67. The maximum atomic E-state index is 11.9. The quantitative estimate of drug-likeness (QED) is 0.437. The molecule has 23 heavy (non-hydrogen) atoms. The number of thioether (sulfide) groups is 1. The number of rotatable bonds is 10. The van der Waals surface area contributed by atoms with Gasteiger partial charge in [-0.05, 0) is 12.8 Å². The van der Waals surface area contributed by atoms with Crippen LogP contribution in [0.2, 0.25) is 0 Å². The maximum absolute atomic E-state index is 11.9. The predicted molar refractivity (Wildman–Crippen MR) is 84.7 cm³/mol. The molecule has 1 amide bonds. The van der Waals surface area contributed by atoms with E-state index in [0.717, 1.165) is 12.8 Å². The topological polar surface area (TPSA) is 128 Å². The van der Waals surface area contributed by atoms with Crippen LogP contribution in [0.3, 0.4) is 0 Å². The van der Waals surface area contributed by atoms with E-state index < -0.39 is 29.6 Å². The first-order chi connectivity index (χ1) is 10.8. The standard InChI is InChI=1S/C14H24N2O6S/c1-9(18)21-5-11(22-10(2)19)6-23-7-12(15)13(20)16-14(8-17)3-4-14/h11-12,17H,3-8,15H2,1-2H3,(H,16,20). The van der Waals surface area contributed by atoms with Gasteiger partial charge in [0.15, 0.2) is 0 Å². The summed E-state index contributed by atoms with van der Waals surface area (Å²) < 4.78 is 9.87. The number of nitrogens with two attached hydrogens (primary N) is 1. The average molecular weight is 348 g/mol. The zero-order valence-electron chi connectivity index (χ0n) is 13.4. The molecule has 1 saturated carbocycles. The third-order valence-corrected chi connectivity index (χ3v) is 4.49. The van der Waals surface area contributed by atoms with E-state index in [1.165, 1.54) is 25.6 Å². The van der Waals surface area contributed by atoms with Gasteiger partial charge in [-0.2, -0.15) is 11.8 Å². The molecule has 4 N–H and O–H groups in total. The first-order valence-electron chi connectivity index (χ1n) is 7.35. The van der Waals surface area contributed by atoms with Crippen LogP contribution in [0.5, 0.6) is 0 Å². The zero-order chi connectivity index (χ0) is 17.5. The van der Waals surface area contributed by atoms with E-state index in [2.05, 4.69) is 5.32 Å². The second-order valence-electron chi connectivity index (χ2n) is 5.61. The number of carbonyl (C=O) groups is 3. The number of amides is 1. The minimum Gasteiger partial charge on any atom is -0.462 e. The molecule has 0 radical (unpaired) electrons. The Labute approximate surface area is 139 Å². The minimum atomic E-state index is -0.726. The molecule has 1 fully saturated rings. The van der Waals surface area contributed by atoms with E-state index in [9.17, 15) is 19.5 Å². The van der Waals surface area contributed by atoms with E-state index in [1.54, 1.807) is 0 Å². The molecule has 0 saturated heterocycles.